The van der Waals surface area contributed by atoms with E-state index in [0.29, 0.717) is 41.1 Å². The van der Waals surface area contributed by atoms with Gasteiger partial charge in [0, 0.05) is 30.7 Å². The molecule has 0 radical (unpaired) electrons. The number of benzene rings is 1. The van der Waals surface area contributed by atoms with E-state index in [4.69, 9.17) is 11.6 Å². The van der Waals surface area contributed by atoms with Crippen LogP contribution in [0.1, 0.15) is 0 Å². The molecule has 1 saturated heterocycles. The predicted octanol–water partition coefficient (Wildman–Crippen LogP) is 3.11. The maximum Gasteiger partial charge on any atom is 0.252 e. The SMILES string of the molecule is O=C(CN1CCN(S(=O)(=O)c2cccs2)CC1)Nc1ccc(Br)cc1Cl. The predicted molar refractivity (Wildman–Crippen MR) is 107 cm³/mol. The minimum absolute atomic E-state index is 0.177. The number of nitrogens with one attached hydrogen (secondary N) is 1. The quantitative estimate of drug-likeness (QED) is 0.717. The minimum Gasteiger partial charge on any atom is -0.324 e. The molecule has 1 fully saturated rings. The molecule has 1 N–H and O–H groups in total. The Morgan fingerprint density at radius 3 is 2.58 bits per heavy atom. The fourth-order valence-corrected chi connectivity index (χ4v) is 5.94. The summed E-state index contributed by atoms with van der Waals surface area (Å²) in [5.74, 6) is -0.177. The number of piperazine rings is 1. The van der Waals surface area contributed by atoms with Crippen LogP contribution in [-0.4, -0.2) is 56.3 Å². The molecule has 6 nitrogen and oxygen atoms in total. The zero-order chi connectivity index (χ0) is 18.7. The standard InChI is InChI=1S/C16H17BrClN3O3S2/c17-12-3-4-14(13(18)10-12)19-15(22)11-20-5-7-21(8-6-20)26(23,24)16-2-1-9-25-16/h1-4,9-10H,5-8,11H2,(H,19,22). The van der Waals surface area contributed by atoms with Crippen LogP contribution >= 0.6 is 38.9 Å². The number of sulfonamides is 1. The summed E-state index contributed by atoms with van der Waals surface area (Å²) in [6.45, 7) is 1.94. The Morgan fingerprint density at radius 1 is 1.23 bits per heavy atom. The average Bonchev–Trinajstić information content (AvgIpc) is 3.13. The fourth-order valence-electron chi connectivity index (χ4n) is 2.65. The number of thiophene rings is 1. The van der Waals surface area contributed by atoms with Gasteiger partial charge in [-0.05, 0) is 29.6 Å². The molecule has 140 valence electrons. The number of halogens is 2. The Kier molecular flexibility index (Phi) is 6.37. The Morgan fingerprint density at radius 2 is 1.96 bits per heavy atom. The van der Waals surface area contributed by atoms with Crippen LogP contribution in [0.25, 0.3) is 0 Å². The van der Waals surface area contributed by atoms with Crippen molar-refractivity contribution in [1.82, 2.24) is 9.21 Å². The number of carbonyl (C=O) groups is 1. The second kappa shape index (κ2) is 8.37. The normalized spacial score (nSPS) is 16.5. The minimum atomic E-state index is -3.43. The van der Waals surface area contributed by atoms with Crippen molar-refractivity contribution in [3.8, 4) is 0 Å². The number of amides is 1. The summed E-state index contributed by atoms with van der Waals surface area (Å²) in [6, 6.07) is 8.59. The van der Waals surface area contributed by atoms with Gasteiger partial charge in [-0.25, -0.2) is 8.42 Å². The van der Waals surface area contributed by atoms with Crippen LogP contribution in [0.4, 0.5) is 5.69 Å². The average molecular weight is 479 g/mol. The molecule has 1 aliphatic heterocycles. The number of anilines is 1. The number of hydrogen-bond acceptors (Lipinski definition) is 5. The molecule has 0 atom stereocenters. The van der Waals surface area contributed by atoms with Gasteiger partial charge in [0.2, 0.25) is 5.91 Å². The van der Waals surface area contributed by atoms with Crippen molar-refractivity contribution in [3.05, 3.63) is 45.2 Å². The molecule has 0 aliphatic carbocycles. The summed E-state index contributed by atoms with van der Waals surface area (Å²) in [5.41, 5.74) is 0.554. The Balaban J connectivity index is 1.53. The molecule has 1 aromatic heterocycles. The van der Waals surface area contributed by atoms with E-state index >= 15 is 0 Å². The molecule has 26 heavy (non-hydrogen) atoms. The lowest BCUT2D eigenvalue weighted by Gasteiger charge is -2.33. The van der Waals surface area contributed by atoms with Gasteiger partial charge in [0.1, 0.15) is 4.21 Å². The molecule has 10 heteroatoms. The first-order valence-electron chi connectivity index (χ1n) is 7.87. The Bertz CT molecular complexity index is 882. The van der Waals surface area contributed by atoms with Gasteiger partial charge in [0.15, 0.2) is 0 Å². The van der Waals surface area contributed by atoms with E-state index in [1.165, 1.54) is 15.6 Å². The van der Waals surface area contributed by atoms with Gasteiger partial charge in [0.05, 0.1) is 17.3 Å². The highest BCUT2D eigenvalue weighted by molar-refractivity contribution is 9.10. The molecule has 2 heterocycles. The topological polar surface area (TPSA) is 69.7 Å². The molecular weight excluding hydrogens is 462 g/mol. The second-order valence-electron chi connectivity index (χ2n) is 5.78. The number of carbonyl (C=O) groups excluding carboxylic acids is 1. The van der Waals surface area contributed by atoms with Gasteiger partial charge >= 0.3 is 0 Å². The molecule has 1 aliphatic rings. The van der Waals surface area contributed by atoms with Crippen LogP contribution in [0.5, 0.6) is 0 Å². The van der Waals surface area contributed by atoms with Crippen molar-refractivity contribution >= 4 is 60.5 Å². The van der Waals surface area contributed by atoms with E-state index in [9.17, 15) is 13.2 Å². The lowest BCUT2D eigenvalue weighted by Crippen LogP contribution is -2.50. The van der Waals surface area contributed by atoms with Crippen molar-refractivity contribution in [2.75, 3.05) is 38.0 Å². The van der Waals surface area contributed by atoms with Crippen molar-refractivity contribution in [3.63, 3.8) is 0 Å². The monoisotopic (exact) mass is 477 g/mol. The maximum atomic E-state index is 12.5. The van der Waals surface area contributed by atoms with Crippen molar-refractivity contribution in [2.45, 2.75) is 4.21 Å². The highest BCUT2D eigenvalue weighted by atomic mass is 79.9. The molecule has 1 aromatic carbocycles. The summed E-state index contributed by atoms with van der Waals surface area (Å²) in [7, 11) is -3.43. The number of rotatable bonds is 5. The summed E-state index contributed by atoms with van der Waals surface area (Å²) < 4.78 is 27.7. The third kappa shape index (κ3) is 4.65. The first-order chi connectivity index (χ1) is 12.4. The molecule has 0 saturated carbocycles. The zero-order valence-corrected chi connectivity index (χ0v) is 17.7. The van der Waals surface area contributed by atoms with Gasteiger partial charge in [-0.1, -0.05) is 33.6 Å². The second-order valence-corrected chi connectivity index (χ2v) is 10.2. The van der Waals surface area contributed by atoms with Gasteiger partial charge in [-0.3, -0.25) is 9.69 Å². The summed E-state index contributed by atoms with van der Waals surface area (Å²) >= 11 is 10.6. The van der Waals surface area contributed by atoms with Gasteiger partial charge in [0.25, 0.3) is 10.0 Å². The van der Waals surface area contributed by atoms with Crippen molar-refractivity contribution < 1.29 is 13.2 Å². The highest BCUT2D eigenvalue weighted by Crippen LogP contribution is 2.26. The Hall–Kier alpha value is -0.970. The van der Waals surface area contributed by atoms with E-state index in [1.807, 2.05) is 4.90 Å². The fraction of sp³-hybridized carbons (Fsp3) is 0.312. The van der Waals surface area contributed by atoms with E-state index in [-0.39, 0.29) is 12.5 Å². The van der Waals surface area contributed by atoms with E-state index in [2.05, 4.69) is 21.2 Å². The molecule has 3 rings (SSSR count). The van der Waals surface area contributed by atoms with Crippen LogP contribution in [0.15, 0.2) is 44.4 Å². The van der Waals surface area contributed by atoms with Gasteiger partial charge in [-0.15, -0.1) is 11.3 Å². The first kappa shape index (κ1) is 19.8. The molecular formula is C16H17BrClN3O3S2. The summed E-state index contributed by atoms with van der Waals surface area (Å²) in [5, 5.41) is 4.99. The number of hydrogen-bond donors (Lipinski definition) is 1. The molecule has 2 aromatic rings. The van der Waals surface area contributed by atoms with Crippen LogP contribution in [-0.2, 0) is 14.8 Å². The lowest BCUT2D eigenvalue weighted by molar-refractivity contribution is -0.117. The van der Waals surface area contributed by atoms with Crippen molar-refractivity contribution in [1.29, 1.82) is 0 Å². The summed E-state index contributed by atoms with van der Waals surface area (Å²) in [6.07, 6.45) is 0. The van der Waals surface area contributed by atoms with Crippen LogP contribution < -0.4 is 5.32 Å². The lowest BCUT2D eigenvalue weighted by atomic mass is 10.3. The van der Waals surface area contributed by atoms with Crippen LogP contribution in [0.3, 0.4) is 0 Å². The first-order valence-corrected chi connectivity index (χ1v) is 11.4. The summed E-state index contributed by atoms with van der Waals surface area (Å²) in [4.78, 5) is 14.2. The third-order valence-electron chi connectivity index (χ3n) is 3.99. The van der Waals surface area contributed by atoms with Crippen LogP contribution in [0.2, 0.25) is 5.02 Å². The van der Waals surface area contributed by atoms with Gasteiger partial charge in [-0.2, -0.15) is 4.31 Å². The third-order valence-corrected chi connectivity index (χ3v) is 8.07. The van der Waals surface area contributed by atoms with E-state index in [1.54, 1.807) is 35.7 Å². The van der Waals surface area contributed by atoms with E-state index < -0.39 is 10.0 Å². The highest BCUT2D eigenvalue weighted by Gasteiger charge is 2.29. The van der Waals surface area contributed by atoms with E-state index in [0.717, 1.165) is 4.47 Å². The molecule has 0 unspecified atom stereocenters. The van der Waals surface area contributed by atoms with Gasteiger partial charge < -0.3 is 5.32 Å². The molecule has 1 amide bonds. The van der Waals surface area contributed by atoms with Crippen molar-refractivity contribution in [2.24, 2.45) is 0 Å². The Labute approximate surface area is 169 Å². The zero-order valence-electron chi connectivity index (χ0n) is 13.7. The largest absolute Gasteiger partial charge is 0.324 e. The smallest absolute Gasteiger partial charge is 0.252 e. The van der Waals surface area contributed by atoms with Crippen LogP contribution in [0, 0.1) is 0 Å². The molecule has 0 bridgehead atoms. The molecule has 0 spiro atoms. The maximum absolute atomic E-state index is 12.5. The number of nitrogens with zero attached hydrogens (tertiary/aromatic N) is 2.